The van der Waals surface area contributed by atoms with Gasteiger partial charge < -0.3 is 0 Å². The largest absolute Gasteiger partial charge is 0.352 e. The highest BCUT2D eigenvalue weighted by molar-refractivity contribution is 7.21. The number of hydrogen-bond donors (Lipinski definition) is 0. The Hall–Kier alpha value is -2.94. The average molecular weight is 380 g/mol. The topological polar surface area (TPSA) is 95.6 Å². The smallest absolute Gasteiger partial charge is 0.267 e. The fourth-order valence-electron chi connectivity index (χ4n) is 3.05. The quantitative estimate of drug-likeness (QED) is 0.537. The first-order valence-corrected chi connectivity index (χ1v) is 9.63. The van der Waals surface area contributed by atoms with E-state index in [2.05, 4.69) is 20.1 Å². The van der Waals surface area contributed by atoms with Crippen LogP contribution in [0.15, 0.2) is 33.9 Å². The number of para-hydroxylation sites is 1. The third-order valence-corrected chi connectivity index (χ3v) is 5.85. The van der Waals surface area contributed by atoms with Crippen molar-refractivity contribution in [2.75, 3.05) is 0 Å². The van der Waals surface area contributed by atoms with Gasteiger partial charge in [0.25, 0.3) is 5.56 Å². The van der Waals surface area contributed by atoms with E-state index in [0.29, 0.717) is 23.3 Å². The summed E-state index contributed by atoms with van der Waals surface area (Å²) in [5.41, 5.74) is -0.0391. The Morgan fingerprint density at radius 3 is 2.74 bits per heavy atom. The lowest BCUT2D eigenvalue weighted by atomic mass is 10.3. The van der Waals surface area contributed by atoms with E-state index in [1.54, 1.807) is 4.68 Å². The molecule has 136 valence electrons. The first-order chi connectivity index (χ1) is 13.1. The van der Waals surface area contributed by atoms with Gasteiger partial charge in [0.15, 0.2) is 16.5 Å². The fraction of sp³-hybridized carbons (Fsp3) is 0.333. The van der Waals surface area contributed by atoms with Crippen LogP contribution in [-0.2, 0) is 13.6 Å². The molecule has 0 spiro atoms. The Balaban J connectivity index is 1.72. The van der Waals surface area contributed by atoms with E-state index in [4.69, 9.17) is 0 Å². The van der Waals surface area contributed by atoms with Crippen LogP contribution in [0.25, 0.3) is 32.6 Å². The summed E-state index contributed by atoms with van der Waals surface area (Å²) in [6.07, 6.45) is 3.38. The van der Waals surface area contributed by atoms with Gasteiger partial charge in [-0.15, -0.1) is 16.4 Å². The number of benzene rings is 1. The molecule has 1 aromatic carbocycles. The van der Waals surface area contributed by atoms with Crippen LogP contribution in [0, 0.1) is 5.92 Å². The Morgan fingerprint density at radius 1 is 1.15 bits per heavy atom. The zero-order valence-corrected chi connectivity index (χ0v) is 15.4. The van der Waals surface area contributed by atoms with Crippen molar-refractivity contribution in [3.63, 3.8) is 0 Å². The van der Waals surface area contributed by atoms with Crippen LogP contribution in [0.2, 0.25) is 0 Å². The van der Waals surface area contributed by atoms with E-state index >= 15 is 0 Å². The fourth-order valence-corrected chi connectivity index (χ4v) is 3.95. The molecule has 8 nitrogen and oxygen atoms in total. The molecule has 3 aliphatic rings. The number of rotatable bonds is 4. The van der Waals surface area contributed by atoms with Gasteiger partial charge in [0, 0.05) is 13.6 Å². The molecule has 2 aliphatic heterocycles. The summed E-state index contributed by atoms with van der Waals surface area (Å²) in [7, 11) is 1.41. The average Bonchev–Trinajstić information content (AvgIpc) is 3.40. The monoisotopic (exact) mass is 380 g/mol. The lowest BCUT2D eigenvalue weighted by Gasteiger charge is -2.13. The Bertz CT molecular complexity index is 1220. The number of nitrogens with zero attached hydrogens (tertiary/aromatic N) is 6. The molecular weight excluding hydrogens is 364 g/mol. The maximum atomic E-state index is 12.6. The molecular formula is C18H16N6O2S. The summed E-state index contributed by atoms with van der Waals surface area (Å²) in [6.45, 7) is 0.598. The van der Waals surface area contributed by atoms with E-state index in [-0.39, 0.29) is 11.5 Å². The molecule has 2 aromatic rings. The molecule has 5 rings (SSSR count). The molecule has 0 bridgehead atoms. The standard InChI is InChI=1S/C18H16N6O2S/c1-23-17(25)13-15(21-18(23)26)24(9-8-10-6-7-10)22-14(20-13)16-19-11-4-2-3-5-12(11)27-16/h2-5,10H,6-9H2,1H3. The number of aryl methyl sites for hydroxylation is 1. The number of hydrogen-bond acceptors (Lipinski definition) is 7. The Labute approximate surface area is 157 Å². The van der Waals surface area contributed by atoms with Crippen molar-refractivity contribution in [2.45, 2.75) is 25.8 Å². The molecule has 0 N–H and O–H groups in total. The van der Waals surface area contributed by atoms with Gasteiger partial charge in [-0.3, -0.25) is 9.36 Å². The molecule has 1 saturated carbocycles. The Morgan fingerprint density at radius 2 is 1.96 bits per heavy atom. The van der Waals surface area contributed by atoms with Gasteiger partial charge in [0.1, 0.15) is 0 Å². The van der Waals surface area contributed by atoms with Crippen LogP contribution in [0.4, 0.5) is 0 Å². The lowest BCUT2D eigenvalue weighted by molar-refractivity contribution is 0.527. The van der Waals surface area contributed by atoms with Gasteiger partial charge in [0.2, 0.25) is 5.82 Å². The van der Waals surface area contributed by atoms with Gasteiger partial charge >= 0.3 is 5.69 Å². The molecule has 0 amide bonds. The summed E-state index contributed by atoms with van der Waals surface area (Å²) in [4.78, 5) is 37.7. The molecule has 0 radical (unpaired) electrons. The predicted molar refractivity (Wildman–Crippen MR) is 102 cm³/mol. The normalized spacial score (nSPS) is 14.3. The van der Waals surface area contributed by atoms with Crippen LogP contribution < -0.4 is 11.2 Å². The second-order valence-corrected chi connectivity index (χ2v) is 7.84. The minimum Gasteiger partial charge on any atom is -0.267 e. The minimum atomic E-state index is -0.594. The van der Waals surface area contributed by atoms with Crippen molar-refractivity contribution in [1.29, 1.82) is 0 Å². The van der Waals surface area contributed by atoms with Crippen LogP contribution in [0.3, 0.4) is 0 Å². The predicted octanol–water partition coefficient (Wildman–Crippen LogP) is 1.91. The van der Waals surface area contributed by atoms with Crippen molar-refractivity contribution in [3.8, 4) is 22.4 Å². The van der Waals surface area contributed by atoms with E-state index in [1.165, 1.54) is 31.2 Å². The van der Waals surface area contributed by atoms with Gasteiger partial charge in [0.05, 0.1) is 10.2 Å². The van der Waals surface area contributed by atoms with Gasteiger partial charge in [-0.05, 0) is 24.5 Å². The van der Waals surface area contributed by atoms with Crippen molar-refractivity contribution < 1.29 is 0 Å². The number of fused-ring (bicyclic) bond motifs is 2. The van der Waals surface area contributed by atoms with E-state index < -0.39 is 11.2 Å². The first-order valence-electron chi connectivity index (χ1n) is 8.82. The summed E-state index contributed by atoms with van der Waals surface area (Å²) in [6, 6.07) is 7.81. The second-order valence-electron chi connectivity index (χ2n) is 6.81. The van der Waals surface area contributed by atoms with Gasteiger partial charge in [-0.25, -0.2) is 19.4 Å². The van der Waals surface area contributed by atoms with Crippen molar-refractivity contribution in [1.82, 2.24) is 29.3 Å². The highest BCUT2D eigenvalue weighted by Gasteiger charge is 2.25. The number of aromatic nitrogens is 6. The van der Waals surface area contributed by atoms with E-state index in [1.807, 2.05) is 24.3 Å². The molecule has 0 unspecified atom stereocenters. The van der Waals surface area contributed by atoms with Crippen LogP contribution >= 0.6 is 11.3 Å². The number of thiazole rings is 1. The molecule has 9 heteroatoms. The van der Waals surface area contributed by atoms with Crippen molar-refractivity contribution in [3.05, 3.63) is 45.1 Å². The Kier molecular flexibility index (Phi) is 3.64. The zero-order valence-electron chi connectivity index (χ0n) is 14.6. The zero-order chi connectivity index (χ0) is 18.5. The minimum absolute atomic E-state index is 0.150. The highest BCUT2D eigenvalue weighted by atomic mass is 32.1. The van der Waals surface area contributed by atoms with Crippen LogP contribution in [0.1, 0.15) is 19.3 Å². The summed E-state index contributed by atoms with van der Waals surface area (Å²) in [5, 5.41) is 5.23. The maximum absolute atomic E-state index is 12.6. The summed E-state index contributed by atoms with van der Waals surface area (Å²) >= 11 is 1.48. The van der Waals surface area contributed by atoms with Crippen molar-refractivity contribution >= 4 is 21.6 Å². The molecule has 3 heterocycles. The van der Waals surface area contributed by atoms with E-state index in [0.717, 1.165) is 21.2 Å². The van der Waals surface area contributed by atoms with Gasteiger partial charge in [-0.1, -0.05) is 25.0 Å². The van der Waals surface area contributed by atoms with Crippen LogP contribution in [0.5, 0.6) is 0 Å². The van der Waals surface area contributed by atoms with Crippen LogP contribution in [-0.4, -0.2) is 29.3 Å². The van der Waals surface area contributed by atoms with Gasteiger partial charge in [-0.2, -0.15) is 4.98 Å². The second kappa shape index (κ2) is 6.05. The third-order valence-electron chi connectivity index (χ3n) is 4.82. The lowest BCUT2D eigenvalue weighted by Crippen LogP contribution is -2.37. The summed E-state index contributed by atoms with van der Waals surface area (Å²) < 4.78 is 3.65. The highest BCUT2D eigenvalue weighted by Crippen LogP contribution is 2.33. The molecule has 0 saturated heterocycles. The molecule has 1 aliphatic carbocycles. The molecule has 1 aromatic heterocycles. The molecule has 27 heavy (non-hydrogen) atoms. The van der Waals surface area contributed by atoms with E-state index in [9.17, 15) is 9.59 Å². The SMILES string of the molecule is Cn1c(=O)nc2n(CCC3CC3)nc(-c3nc4ccccc4s3)nc-2c1=O. The molecule has 0 atom stereocenters. The molecule has 1 fully saturated rings. The van der Waals surface area contributed by atoms with Crippen molar-refractivity contribution in [2.24, 2.45) is 13.0 Å². The third kappa shape index (κ3) is 2.84. The summed E-state index contributed by atoms with van der Waals surface area (Å²) in [5.74, 6) is 1.32. The maximum Gasteiger partial charge on any atom is 0.352 e. The first kappa shape index (κ1) is 16.2.